The number of carbonyl (C=O) groups is 2. The van der Waals surface area contributed by atoms with Crippen molar-refractivity contribution in [2.24, 2.45) is 7.05 Å². The van der Waals surface area contributed by atoms with Crippen molar-refractivity contribution in [2.45, 2.75) is 25.3 Å². The Labute approximate surface area is 164 Å². The van der Waals surface area contributed by atoms with E-state index in [1.54, 1.807) is 34.8 Å². The first-order chi connectivity index (χ1) is 13.6. The number of imidazole rings is 1. The normalized spacial score (nSPS) is 16.9. The number of aryl methyl sites for hydroxylation is 1. The van der Waals surface area contributed by atoms with Gasteiger partial charge in [-0.05, 0) is 30.5 Å². The van der Waals surface area contributed by atoms with Crippen molar-refractivity contribution < 1.29 is 9.59 Å². The van der Waals surface area contributed by atoms with E-state index in [0.29, 0.717) is 18.8 Å². The fraction of sp³-hybridized carbons (Fsp3) is 0.318. The van der Waals surface area contributed by atoms with E-state index in [9.17, 15) is 9.59 Å². The van der Waals surface area contributed by atoms with Crippen molar-refractivity contribution in [1.82, 2.24) is 19.0 Å². The summed E-state index contributed by atoms with van der Waals surface area (Å²) in [5.74, 6) is 0.249. The maximum Gasteiger partial charge on any atom is 0.296 e. The molecular weight excluding hydrogens is 352 g/mol. The molecule has 1 fully saturated rings. The summed E-state index contributed by atoms with van der Waals surface area (Å²) in [6, 6.07) is 13.7. The minimum atomic E-state index is -0.444. The maximum absolute atomic E-state index is 12.8. The molecule has 1 aromatic carbocycles. The Kier molecular flexibility index (Phi) is 5.10. The van der Waals surface area contributed by atoms with Crippen molar-refractivity contribution in [2.75, 3.05) is 13.1 Å². The van der Waals surface area contributed by atoms with E-state index >= 15 is 0 Å². The lowest BCUT2D eigenvalue weighted by Gasteiger charge is -2.32. The molecule has 6 nitrogen and oxygen atoms in total. The van der Waals surface area contributed by atoms with Crippen LogP contribution in [0.4, 0.5) is 0 Å². The topological polar surface area (TPSA) is 60.1 Å². The van der Waals surface area contributed by atoms with Crippen LogP contribution in [0.15, 0.2) is 61.1 Å². The van der Waals surface area contributed by atoms with Crippen LogP contribution in [-0.2, 0) is 18.4 Å². The van der Waals surface area contributed by atoms with Crippen molar-refractivity contribution in [3.05, 3.63) is 78.1 Å². The Bertz CT molecular complexity index is 973. The zero-order valence-corrected chi connectivity index (χ0v) is 16.0. The average molecular weight is 376 g/mol. The summed E-state index contributed by atoms with van der Waals surface area (Å²) in [6.45, 7) is 1.90. The predicted octanol–water partition coefficient (Wildman–Crippen LogP) is 2.86. The zero-order chi connectivity index (χ0) is 19.5. The summed E-state index contributed by atoms with van der Waals surface area (Å²) in [7, 11) is 1.78. The summed E-state index contributed by atoms with van der Waals surface area (Å²) >= 11 is 0. The molecule has 0 bridgehead atoms. The molecule has 1 aliphatic rings. The molecule has 1 unspecified atom stereocenters. The van der Waals surface area contributed by atoms with Gasteiger partial charge < -0.3 is 14.0 Å². The van der Waals surface area contributed by atoms with Crippen molar-refractivity contribution in [1.29, 1.82) is 0 Å². The van der Waals surface area contributed by atoms with Crippen LogP contribution < -0.4 is 0 Å². The van der Waals surface area contributed by atoms with Crippen molar-refractivity contribution in [3.63, 3.8) is 0 Å². The fourth-order valence-corrected chi connectivity index (χ4v) is 3.92. The lowest BCUT2D eigenvalue weighted by Crippen LogP contribution is -2.43. The summed E-state index contributed by atoms with van der Waals surface area (Å²) < 4.78 is 3.83. The molecule has 4 rings (SSSR count). The highest BCUT2D eigenvalue weighted by molar-refractivity contribution is 6.42. The van der Waals surface area contributed by atoms with Crippen LogP contribution >= 0.6 is 0 Å². The third-order valence-electron chi connectivity index (χ3n) is 5.39. The van der Waals surface area contributed by atoms with Gasteiger partial charge in [0.15, 0.2) is 0 Å². The van der Waals surface area contributed by atoms with Gasteiger partial charge in [-0.25, -0.2) is 4.98 Å². The van der Waals surface area contributed by atoms with Crippen LogP contribution in [0.2, 0.25) is 0 Å². The Morgan fingerprint density at radius 2 is 1.93 bits per heavy atom. The molecule has 1 aliphatic heterocycles. The van der Waals surface area contributed by atoms with Crippen molar-refractivity contribution in [3.8, 4) is 0 Å². The molecule has 6 heteroatoms. The Hall–Kier alpha value is -3.15. The molecule has 0 radical (unpaired) electrons. The number of amides is 1. The molecule has 0 saturated carbocycles. The van der Waals surface area contributed by atoms with E-state index < -0.39 is 11.7 Å². The third kappa shape index (κ3) is 3.63. The highest BCUT2D eigenvalue weighted by Crippen LogP contribution is 2.27. The number of piperidine rings is 1. The standard InChI is InChI=1S/C22H24N4O2/c1-24-12-6-10-19(24)20(27)22(28)26-13-5-9-18(16-26)21-23-11-14-25(21)15-17-7-3-2-4-8-17/h2-4,6-8,10-12,14,18H,5,9,13,15-16H2,1H3. The smallest absolute Gasteiger partial charge is 0.296 e. The quantitative estimate of drug-likeness (QED) is 0.508. The third-order valence-corrected chi connectivity index (χ3v) is 5.39. The molecule has 1 atom stereocenters. The largest absolute Gasteiger partial charge is 0.348 e. The molecule has 144 valence electrons. The van der Waals surface area contributed by atoms with E-state index in [1.807, 2.05) is 30.6 Å². The second-order valence-electron chi connectivity index (χ2n) is 7.32. The van der Waals surface area contributed by atoms with E-state index in [1.165, 1.54) is 5.56 Å². The predicted molar refractivity (Wildman–Crippen MR) is 106 cm³/mol. The molecule has 3 heterocycles. The summed E-state index contributed by atoms with van der Waals surface area (Å²) in [5, 5.41) is 0. The van der Waals surface area contributed by atoms with Crippen LogP contribution in [0.3, 0.4) is 0 Å². The number of likely N-dealkylation sites (tertiary alicyclic amines) is 1. The number of ketones is 1. The minimum Gasteiger partial charge on any atom is -0.348 e. The van der Waals surface area contributed by atoms with Crippen LogP contribution in [0.25, 0.3) is 0 Å². The van der Waals surface area contributed by atoms with Gasteiger partial charge >= 0.3 is 0 Å². The summed E-state index contributed by atoms with van der Waals surface area (Å²) in [4.78, 5) is 31.6. The maximum atomic E-state index is 12.8. The van der Waals surface area contributed by atoms with Gasteiger partial charge in [-0.15, -0.1) is 0 Å². The molecule has 0 N–H and O–H groups in total. The molecule has 1 amide bonds. The van der Waals surface area contributed by atoms with Gasteiger partial charge in [0.1, 0.15) is 5.82 Å². The summed E-state index contributed by atoms with van der Waals surface area (Å²) in [5.41, 5.74) is 1.64. The molecule has 28 heavy (non-hydrogen) atoms. The molecule has 0 aliphatic carbocycles. The molecule has 3 aromatic rings. The molecule has 2 aromatic heterocycles. The van der Waals surface area contributed by atoms with Crippen molar-refractivity contribution >= 4 is 11.7 Å². The number of carbonyl (C=O) groups excluding carboxylic acids is 2. The van der Waals surface area contributed by atoms with E-state index in [2.05, 4.69) is 21.7 Å². The first kappa shape index (κ1) is 18.2. The first-order valence-corrected chi connectivity index (χ1v) is 9.63. The SMILES string of the molecule is Cn1cccc1C(=O)C(=O)N1CCCC(c2nccn2Cc2ccccc2)C1. The number of aromatic nitrogens is 3. The number of hydrogen-bond donors (Lipinski definition) is 0. The first-order valence-electron chi connectivity index (χ1n) is 9.63. The van der Waals surface area contributed by atoms with Crippen LogP contribution in [0.1, 0.15) is 40.6 Å². The van der Waals surface area contributed by atoms with Gasteiger partial charge in [-0.3, -0.25) is 9.59 Å². The summed E-state index contributed by atoms with van der Waals surface area (Å²) in [6.07, 6.45) is 7.41. The number of rotatable bonds is 5. The van der Waals surface area contributed by atoms with E-state index in [-0.39, 0.29) is 5.92 Å². The Balaban J connectivity index is 1.49. The average Bonchev–Trinajstić information content (AvgIpc) is 3.36. The van der Waals surface area contributed by atoms with Gasteiger partial charge in [0.2, 0.25) is 0 Å². The highest BCUT2D eigenvalue weighted by atomic mass is 16.2. The highest BCUT2D eigenvalue weighted by Gasteiger charge is 2.31. The number of Topliss-reactive ketones (excluding diaryl/α,β-unsaturated/α-hetero) is 1. The van der Waals surface area contributed by atoms with Gasteiger partial charge in [0.25, 0.3) is 11.7 Å². The molecule has 1 saturated heterocycles. The second-order valence-corrected chi connectivity index (χ2v) is 7.32. The molecular formula is C22H24N4O2. The number of nitrogens with zero attached hydrogens (tertiary/aromatic N) is 4. The van der Waals surface area contributed by atoms with Gasteiger partial charge in [-0.1, -0.05) is 30.3 Å². The van der Waals surface area contributed by atoms with Gasteiger partial charge in [0, 0.05) is 51.2 Å². The van der Waals surface area contributed by atoms with Crippen LogP contribution in [0.5, 0.6) is 0 Å². The van der Waals surface area contributed by atoms with Gasteiger partial charge in [0.05, 0.1) is 5.69 Å². The van der Waals surface area contributed by atoms with E-state index in [4.69, 9.17) is 0 Å². The lowest BCUT2D eigenvalue weighted by molar-refractivity contribution is -0.127. The monoisotopic (exact) mass is 376 g/mol. The van der Waals surface area contributed by atoms with Crippen LogP contribution in [0, 0.1) is 0 Å². The number of benzene rings is 1. The number of hydrogen-bond acceptors (Lipinski definition) is 3. The van der Waals surface area contributed by atoms with Gasteiger partial charge in [-0.2, -0.15) is 0 Å². The minimum absolute atomic E-state index is 0.137. The molecule has 0 spiro atoms. The lowest BCUT2D eigenvalue weighted by atomic mass is 9.96. The van der Waals surface area contributed by atoms with Crippen LogP contribution in [-0.4, -0.2) is 43.8 Å². The second kappa shape index (κ2) is 7.84. The Morgan fingerprint density at radius 1 is 1.11 bits per heavy atom. The fourth-order valence-electron chi connectivity index (χ4n) is 3.92. The van der Waals surface area contributed by atoms with E-state index in [0.717, 1.165) is 25.2 Å². The zero-order valence-electron chi connectivity index (χ0n) is 16.0. The Morgan fingerprint density at radius 3 is 2.68 bits per heavy atom.